The molecule has 2 nitrogen and oxygen atoms in total. The van der Waals surface area contributed by atoms with Crippen molar-refractivity contribution in [2.45, 2.75) is 39.3 Å². The van der Waals surface area contributed by atoms with Gasteiger partial charge in [0.15, 0.2) is 0 Å². The zero-order valence-corrected chi connectivity index (χ0v) is 11.2. The van der Waals surface area contributed by atoms with Crippen LogP contribution in [0.4, 0.5) is 0 Å². The average molecular weight is 243 g/mol. The van der Waals surface area contributed by atoms with Crippen molar-refractivity contribution in [1.29, 1.82) is 0 Å². The highest BCUT2D eigenvalue weighted by Crippen LogP contribution is 2.26. The van der Waals surface area contributed by atoms with E-state index in [1.165, 1.54) is 10.9 Å². The lowest BCUT2D eigenvalue weighted by molar-refractivity contribution is 0.523. The number of hydrogen-bond acceptors (Lipinski definition) is 2. The van der Waals surface area contributed by atoms with E-state index < -0.39 is 0 Å². The largest absolute Gasteiger partial charge is 0.461 e. The molecule has 0 saturated heterocycles. The minimum Gasteiger partial charge on any atom is -0.461 e. The first kappa shape index (κ1) is 12.9. The van der Waals surface area contributed by atoms with Crippen LogP contribution in [0, 0.1) is 0 Å². The number of nitrogens with one attached hydrogen (secondary N) is 1. The van der Waals surface area contributed by atoms with Crippen LogP contribution in [-0.4, -0.2) is 6.04 Å². The smallest absolute Gasteiger partial charge is 0.134 e. The molecule has 0 spiro atoms. The van der Waals surface area contributed by atoms with Gasteiger partial charge >= 0.3 is 0 Å². The molecule has 0 aliphatic carbocycles. The maximum atomic E-state index is 5.88. The molecular weight excluding hydrogens is 222 g/mol. The van der Waals surface area contributed by atoms with E-state index in [0.717, 1.165) is 30.7 Å². The Morgan fingerprint density at radius 1 is 1.39 bits per heavy atom. The van der Waals surface area contributed by atoms with Crippen molar-refractivity contribution in [3.05, 3.63) is 48.2 Å². The highest BCUT2D eigenvalue weighted by molar-refractivity contribution is 5.82. The fourth-order valence-electron chi connectivity index (χ4n) is 2.24. The summed E-state index contributed by atoms with van der Waals surface area (Å²) < 4.78 is 5.88. The topological polar surface area (TPSA) is 25.2 Å². The van der Waals surface area contributed by atoms with Crippen molar-refractivity contribution in [3.8, 4) is 0 Å². The second kappa shape index (κ2) is 5.87. The van der Waals surface area contributed by atoms with Crippen molar-refractivity contribution in [3.63, 3.8) is 0 Å². The van der Waals surface area contributed by atoms with Crippen LogP contribution >= 0.6 is 0 Å². The summed E-state index contributed by atoms with van der Waals surface area (Å²) in [4.78, 5) is 0. The van der Waals surface area contributed by atoms with E-state index >= 15 is 0 Å². The van der Waals surface area contributed by atoms with Gasteiger partial charge in [0.2, 0.25) is 0 Å². The monoisotopic (exact) mass is 243 g/mol. The molecular formula is C16H21NO. The summed E-state index contributed by atoms with van der Waals surface area (Å²) in [7, 11) is 0. The molecule has 2 rings (SSSR count). The predicted octanol–water partition coefficient (Wildman–Crippen LogP) is 4.05. The van der Waals surface area contributed by atoms with Gasteiger partial charge in [0.25, 0.3) is 0 Å². The van der Waals surface area contributed by atoms with Crippen molar-refractivity contribution < 1.29 is 4.42 Å². The molecule has 1 unspecified atom stereocenters. The number of para-hydroxylation sites is 1. The molecule has 18 heavy (non-hydrogen) atoms. The van der Waals surface area contributed by atoms with Crippen LogP contribution in [0.15, 0.2) is 41.3 Å². The van der Waals surface area contributed by atoms with Gasteiger partial charge in [0, 0.05) is 30.0 Å². The van der Waals surface area contributed by atoms with E-state index in [1.54, 1.807) is 0 Å². The van der Waals surface area contributed by atoms with Crippen LogP contribution in [0.3, 0.4) is 0 Å². The third kappa shape index (κ3) is 2.65. The first-order valence-electron chi connectivity index (χ1n) is 6.59. The number of benzene rings is 1. The van der Waals surface area contributed by atoms with E-state index in [4.69, 9.17) is 4.42 Å². The summed E-state index contributed by atoms with van der Waals surface area (Å²) in [5.41, 5.74) is 2.28. The van der Waals surface area contributed by atoms with Crippen molar-refractivity contribution in [2.75, 3.05) is 0 Å². The highest BCUT2D eigenvalue weighted by Gasteiger charge is 2.12. The molecule has 96 valence electrons. The summed E-state index contributed by atoms with van der Waals surface area (Å²) in [6.07, 6.45) is 3.87. The summed E-state index contributed by atoms with van der Waals surface area (Å²) >= 11 is 0. The van der Waals surface area contributed by atoms with E-state index in [2.05, 4.69) is 37.9 Å². The van der Waals surface area contributed by atoms with Gasteiger partial charge in [-0.3, -0.25) is 0 Å². The highest BCUT2D eigenvalue weighted by atomic mass is 16.3. The van der Waals surface area contributed by atoms with E-state index in [9.17, 15) is 0 Å². The quantitative estimate of drug-likeness (QED) is 0.774. The summed E-state index contributed by atoms with van der Waals surface area (Å²) in [5.74, 6) is 1.09. The Bertz CT molecular complexity index is 527. The summed E-state index contributed by atoms with van der Waals surface area (Å²) in [6, 6.07) is 8.69. The lowest BCUT2D eigenvalue weighted by Crippen LogP contribution is -2.25. The molecule has 0 saturated carbocycles. The normalized spacial score (nSPS) is 12.8. The minimum atomic E-state index is 0.445. The van der Waals surface area contributed by atoms with Crippen LogP contribution in [0.2, 0.25) is 0 Å². The zero-order chi connectivity index (χ0) is 13.0. The van der Waals surface area contributed by atoms with Gasteiger partial charge in [0.05, 0.1) is 0 Å². The molecule has 1 aromatic carbocycles. The van der Waals surface area contributed by atoms with Crippen molar-refractivity contribution in [1.82, 2.24) is 5.32 Å². The number of hydrogen-bond donors (Lipinski definition) is 1. The number of aryl methyl sites for hydroxylation is 1. The standard InChI is InChI=1S/C16H21NO/c1-4-8-12(3)17-11-14-13-9-6-7-10-16(13)18-15(14)5-2/h4,6-7,9-10,12,17H,1,5,8,11H2,2-3H3. The van der Waals surface area contributed by atoms with Crippen molar-refractivity contribution in [2.24, 2.45) is 0 Å². The third-order valence-electron chi connectivity index (χ3n) is 3.25. The number of furan rings is 1. The first-order chi connectivity index (χ1) is 8.76. The Kier molecular flexibility index (Phi) is 4.21. The van der Waals surface area contributed by atoms with Crippen LogP contribution < -0.4 is 5.32 Å². The van der Waals surface area contributed by atoms with E-state index in [0.29, 0.717) is 6.04 Å². The van der Waals surface area contributed by atoms with Gasteiger partial charge in [-0.05, 0) is 19.4 Å². The molecule has 0 radical (unpaired) electrons. The van der Waals surface area contributed by atoms with Gasteiger partial charge in [-0.25, -0.2) is 0 Å². The molecule has 0 amide bonds. The Balaban J connectivity index is 2.22. The van der Waals surface area contributed by atoms with Crippen molar-refractivity contribution >= 4 is 11.0 Å². The minimum absolute atomic E-state index is 0.445. The second-order valence-electron chi connectivity index (χ2n) is 4.66. The first-order valence-corrected chi connectivity index (χ1v) is 6.59. The fraction of sp³-hybridized carbons (Fsp3) is 0.375. The molecule has 1 atom stereocenters. The molecule has 1 heterocycles. The average Bonchev–Trinajstić information content (AvgIpc) is 2.74. The number of fused-ring (bicyclic) bond motifs is 1. The maximum Gasteiger partial charge on any atom is 0.134 e. The Morgan fingerprint density at radius 3 is 2.89 bits per heavy atom. The molecule has 0 aliphatic rings. The third-order valence-corrected chi connectivity index (χ3v) is 3.25. The van der Waals surface area contributed by atoms with Gasteiger partial charge in [-0.15, -0.1) is 6.58 Å². The van der Waals surface area contributed by atoms with Gasteiger partial charge in [0.1, 0.15) is 11.3 Å². The molecule has 0 aliphatic heterocycles. The lowest BCUT2D eigenvalue weighted by Gasteiger charge is -2.11. The Morgan fingerprint density at radius 2 is 2.17 bits per heavy atom. The molecule has 1 N–H and O–H groups in total. The summed E-state index contributed by atoms with van der Waals surface area (Å²) in [6.45, 7) is 8.94. The SMILES string of the molecule is C=CCC(C)NCc1c(CC)oc2ccccc12. The Labute approximate surface area is 109 Å². The second-order valence-corrected chi connectivity index (χ2v) is 4.66. The van der Waals surface area contributed by atoms with Gasteiger partial charge in [-0.1, -0.05) is 31.2 Å². The molecule has 2 aromatic rings. The molecule has 0 bridgehead atoms. The van der Waals surface area contributed by atoms with E-state index in [1.807, 2.05) is 18.2 Å². The molecule has 1 aromatic heterocycles. The van der Waals surface area contributed by atoms with Crippen LogP contribution in [-0.2, 0) is 13.0 Å². The molecule has 2 heteroatoms. The van der Waals surface area contributed by atoms with Gasteiger partial charge in [-0.2, -0.15) is 0 Å². The van der Waals surface area contributed by atoms with Crippen LogP contribution in [0.1, 0.15) is 31.6 Å². The summed E-state index contributed by atoms with van der Waals surface area (Å²) in [5, 5.41) is 4.75. The number of rotatable bonds is 6. The lowest BCUT2D eigenvalue weighted by atomic mass is 10.1. The van der Waals surface area contributed by atoms with Crippen LogP contribution in [0.25, 0.3) is 11.0 Å². The zero-order valence-electron chi connectivity index (χ0n) is 11.2. The van der Waals surface area contributed by atoms with Crippen LogP contribution in [0.5, 0.6) is 0 Å². The Hall–Kier alpha value is -1.54. The maximum absolute atomic E-state index is 5.88. The fourth-order valence-corrected chi connectivity index (χ4v) is 2.24. The predicted molar refractivity (Wildman–Crippen MR) is 76.7 cm³/mol. The molecule has 0 fully saturated rings. The van der Waals surface area contributed by atoms with E-state index in [-0.39, 0.29) is 0 Å². The van der Waals surface area contributed by atoms with Gasteiger partial charge < -0.3 is 9.73 Å².